The van der Waals surface area contributed by atoms with Crippen molar-refractivity contribution >= 4 is 28.9 Å². The summed E-state index contributed by atoms with van der Waals surface area (Å²) in [6.45, 7) is 3.74. The summed E-state index contributed by atoms with van der Waals surface area (Å²) in [6, 6.07) is 15.2. The quantitative estimate of drug-likeness (QED) is 0.629. The molecule has 0 saturated carbocycles. The summed E-state index contributed by atoms with van der Waals surface area (Å²) in [6.07, 6.45) is 3.60. The molecule has 28 heavy (non-hydrogen) atoms. The molecule has 0 atom stereocenters. The van der Waals surface area contributed by atoms with Gasteiger partial charge in [0, 0.05) is 18.7 Å². The maximum atomic E-state index is 13.2. The molecule has 1 amide bonds. The molecule has 1 fully saturated rings. The summed E-state index contributed by atoms with van der Waals surface area (Å²) >= 11 is 6.31. The lowest BCUT2D eigenvalue weighted by Gasteiger charge is -2.30. The number of carbonyl (C=O) groups excluding carboxylic acids is 1. The number of carbonyl (C=O) groups is 1. The molecule has 1 aliphatic rings. The highest BCUT2D eigenvalue weighted by molar-refractivity contribution is 6.33. The van der Waals surface area contributed by atoms with Gasteiger partial charge in [0.2, 0.25) is 0 Å². The average Bonchev–Trinajstić information content (AvgIpc) is 3.11. The Labute approximate surface area is 169 Å². The summed E-state index contributed by atoms with van der Waals surface area (Å²) in [5, 5.41) is 7.67. The van der Waals surface area contributed by atoms with Crippen LogP contribution in [0.1, 0.15) is 35.4 Å². The summed E-state index contributed by atoms with van der Waals surface area (Å²) in [4.78, 5) is 15.5. The molecule has 144 valence electrons. The second-order valence-corrected chi connectivity index (χ2v) is 7.37. The molecule has 2 aromatic carbocycles. The van der Waals surface area contributed by atoms with E-state index in [9.17, 15) is 4.79 Å². The fourth-order valence-corrected chi connectivity index (χ4v) is 3.88. The van der Waals surface area contributed by atoms with Crippen LogP contribution < -0.4 is 10.2 Å². The molecule has 1 N–H and O–H groups in total. The number of nitrogens with one attached hydrogen (secondary N) is 1. The van der Waals surface area contributed by atoms with Gasteiger partial charge in [0.1, 0.15) is 17.0 Å². The molecular formula is C22H22ClN3O2. The lowest BCUT2D eigenvalue weighted by molar-refractivity contribution is 0.102. The first-order valence-corrected chi connectivity index (χ1v) is 9.89. The van der Waals surface area contributed by atoms with Gasteiger partial charge in [0.25, 0.3) is 5.91 Å². The van der Waals surface area contributed by atoms with E-state index in [1.807, 2.05) is 36.4 Å². The van der Waals surface area contributed by atoms with Crippen LogP contribution >= 0.6 is 11.6 Å². The van der Waals surface area contributed by atoms with Crippen LogP contribution in [0.2, 0.25) is 5.02 Å². The van der Waals surface area contributed by atoms with Crippen molar-refractivity contribution in [3.8, 4) is 11.3 Å². The first-order chi connectivity index (χ1) is 13.6. The van der Waals surface area contributed by atoms with Crippen molar-refractivity contribution in [2.24, 2.45) is 0 Å². The van der Waals surface area contributed by atoms with Crippen LogP contribution in [0.5, 0.6) is 0 Å². The molecule has 1 aliphatic heterocycles. The summed E-state index contributed by atoms with van der Waals surface area (Å²) in [5.74, 6) is 0.209. The fourth-order valence-electron chi connectivity index (χ4n) is 3.65. The largest absolute Gasteiger partial charge is 0.370 e. The second-order valence-electron chi connectivity index (χ2n) is 6.96. The van der Waals surface area contributed by atoms with Crippen molar-refractivity contribution < 1.29 is 9.32 Å². The monoisotopic (exact) mass is 395 g/mol. The highest BCUT2D eigenvalue weighted by Crippen LogP contribution is 2.33. The van der Waals surface area contributed by atoms with Gasteiger partial charge in [-0.1, -0.05) is 47.1 Å². The number of anilines is 2. The summed E-state index contributed by atoms with van der Waals surface area (Å²) in [7, 11) is 0. The van der Waals surface area contributed by atoms with Crippen molar-refractivity contribution in [2.45, 2.75) is 26.2 Å². The molecule has 0 bridgehead atoms. The van der Waals surface area contributed by atoms with E-state index in [0.29, 0.717) is 27.6 Å². The van der Waals surface area contributed by atoms with Crippen LogP contribution in [-0.4, -0.2) is 24.2 Å². The van der Waals surface area contributed by atoms with Gasteiger partial charge >= 0.3 is 0 Å². The SMILES string of the molecule is Cc1onc(-c2ccccc2Cl)c1C(=O)Nc1ccccc1N1CCCCC1. The Morgan fingerprint density at radius 1 is 1.07 bits per heavy atom. The maximum Gasteiger partial charge on any atom is 0.261 e. The van der Waals surface area contributed by atoms with E-state index >= 15 is 0 Å². The van der Waals surface area contributed by atoms with Crippen LogP contribution in [0.25, 0.3) is 11.3 Å². The Bertz CT molecular complexity index is 993. The summed E-state index contributed by atoms with van der Waals surface area (Å²) in [5.41, 5.74) is 3.37. The topological polar surface area (TPSA) is 58.4 Å². The highest BCUT2D eigenvalue weighted by Gasteiger charge is 2.24. The smallest absolute Gasteiger partial charge is 0.261 e. The predicted molar refractivity (Wildman–Crippen MR) is 112 cm³/mol. The third kappa shape index (κ3) is 3.62. The number of aromatic nitrogens is 1. The van der Waals surface area contributed by atoms with Crippen LogP contribution in [-0.2, 0) is 0 Å². The number of hydrogen-bond donors (Lipinski definition) is 1. The van der Waals surface area contributed by atoms with E-state index in [2.05, 4.69) is 21.4 Å². The molecular weight excluding hydrogens is 374 g/mol. The van der Waals surface area contributed by atoms with E-state index in [4.69, 9.17) is 16.1 Å². The Morgan fingerprint density at radius 3 is 2.57 bits per heavy atom. The molecule has 0 radical (unpaired) electrons. The number of benzene rings is 2. The van der Waals surface area contributed by atoms with E-state index in [1.54, 1.807) is 13.0 Å². The van der Waals surface area contributed by atoms with E-state index in [-0.39, 0.29) is 5.91 Å². The van der Waals surface area contributed by atoms with Gasteiger partial charge in [0.05, 0.1) is 16.4 Å². The Hall–Kier alpha value is -2.79. The zero-order chi connectivity index (χ0) is 19.5. The fraction of sp³-hybridized carbons (Fsp3) is 0.273. The van der Waals surface area contributed by atoms with Crippen molar-refractivity contribution in [1.29, 1.82) is 0 Å². The Morgan fingerprint density at radius 2 is 1.79 bits per heavy atom. The van der Waals surface area contributed by atoms with Gasteiger partial charge in [-0.15, -0.1) is 0 Å². The normalized spacial score (nSPS) is 14.1. The van der Waals surface area contributed by atoms with Crippen LogP contribution in [0.15, 0.2) is 53.1 Å². The zero-order valence-electron chi connectivity index (χ0n) is 15.7. The molecule has 3 aromatic rings. The number of amides is 1. The average molecular weight is 396 g/mol. The Kier molecular flexibility index (Phi) is 5.35. The van der Waals surface area contributed by atoms with E-state index in [0.717, 1.165) is 24.5 Å². The number of rotatable bonds is 4. The maximum absolute atomic E-state index is 13.2. The molecule has 2 heterocycles. The lowest BCUT2D eigenvalue weighted by Crippen LogP contribution is -2.30. The number of aryl methyl sites for hydroxylation is 1. The lowest BCUT2D eigenvalue weighted by atomic mass is 10.1. The minimum Gasteiger partial charge on any atom is -0.370 e. The minimum absolute atomic E-state index is 0.252. The molecule has 1 aromatic heterocycles. The van der Waals surface area contributed by atoms with E-state index in [1.165, 1.54) is 19.3 Å². The van der Waals surface area contributed by atoms with Crippen LogP contribution in [0.4, 0.5) is 11.4 Å². The number of nitrogens with zero attached hydrogens (tertiary/aromatic N) is 2. The zero-order valence-corrected chi connectivity index (χ0v) is 16.5. The molecule has 0 unspecified atom stereocenters. The highest BCUT2D eigenvalue weighted by atomic mass is 35.5. The number of para-hydroxylation sites is 2. The Balaban J connectivity index is 1.66. The third-order valence-corrected chi connectivity index (χ3v) is 5.40. The minimum atomic E-state index is -0.252. The van der Waals surface area contributed by atoms with Crippen molar-refractivity contribution in [1.82, 2.24) is 5.16 Å². The number of hydrogen-bond acceptors (Lipinski definition) is 4. The summed E-state index contributed by atoms with van der Waals surface area (Å²) < 4.78 is 5.33. The van der Waals surface area contributed by atoms with Crippen molar-refractivity contribution in [2.75, 3.05) is 23.3 Å². The van der Waals surface area contributed by atoms with E-state index < -0.39 is 0 Å². The van der Waals surface area contributed by atoms with Gasteiger partial charge < -0.3 is 14.7 Å². The second kappa shape index (κ2) is 8.07. The molecule has 1 saturated heterocycles. The van der Waals surface area contributed by atoms with Crippen LogP contribution in [0.3, 0.4) is 0 Å². The van der Waals surface area contributed by atoms with Gasteiger partial charge in [-0.25, -0.2) is 0 Å². The molecule has 4 rings (SSSR count). The first kappa shape index (κ1) is 18.6. The molecule has 0 spiro atoms. The van der Waals surface area contributed by atoms with Gasteiger partial charge in [-0.3, -0.25) is 4.79 Å². The number of piperidine rings is 1. The van der Waals surface area contributed by atoms with Gasteiger partial charge in [-0.2, -0.15) is 0 Å². The van der Waals surface area contributed by atoms with Crippen molar-refractivity contribution in [3.63, 3.8) is 0 Å². The van der Waals surface area contributed by atoms with Crippen LogP contribution in [0, 0.1) is 6.92 Å². The van der Waals surface area contributed by atoms with Crippen molar-refractivity contribution in [3.05, 3.63) is 64.9 Å². The molecule has 5 nitrogen and oxygen atoms in total. The van der Waals surface area contributed by atoms with Gasteiger partial charge in [-0.05, 0) is 44.4 Å². The first-order valence-electron chi connectivity index (χ1n) is 9.51. The standard InChI is InChI=1S/C22H22ClN3O2/c1-15-20(21(25-28-15)16-9-3-4-10-17(16)23)22(27)24-18-11-5-6-12-19(18)26-13-7-2-8-14-26/h3-6,9-12H,2,7-8,13-14H2,1H3,(H,24,27). The number of halogens is 1. The molecule has 6 heteroatoms. The molecule has 0 aliphatic carbocycles. The van der Waals surface area contributed by atoms with Gasteiger partial charge in [0.15, 0.2) is 0 Å². The third-order valence-electron chi connectivity index (χ3n) is 5.07. The predicted octanol–water partition coefficient (Wildman–Crippen LogP) is 5.55.